The number of hydrogen-bond donors (Lipinski definition) is 2. The maximum absolute atomic E-state index is 11.5. The van der Waals surface area contributed by atoms with Crippen molar-refractivity contribution in [3.8, 4) is 0 Å². The van der Waals surface area contributed by atoms with Crippen LogP contribution in [0, 0.1) is 0 Å². The number of aromatic nitrogens is 1. The maximum Gasteiger partial charge on any atom is 0.252 e. The second-order valence-electron chi connectivity index (χ2n) is 3.82. The molecule has 2 N–H and O–H groups in total. The summed E-state index contributed by atoms with van der Waals surface area (Å²) in [5.74, 6) is 0. The Morgan fingerprint density at radius 1 is 1.67 bits per heavy atom. The fourth-order valence-corrected chi connectivity index (χ4v) is 2.24. The molecule has 0 spiro atoms. The van der Waals surface area contributed by atoms with Crippen LogP contribution < -0.4 is 16.2 Å². The van der Waals surface area contributed by atoms with Crippen molar-refractivity contribution in [3.05, 3.63) is 27.1 Å². The van der Waals surface area contributed by atoms with Gasteiger partial charge in [0.05, 0.1) is 10.2 Å². The maximum atomic E-state index is 11.5. The Bertz CT molecular complexity index is 410. The second-order valence-corrected chi connectivity index (χ2v) is 4.67. The molecule has 1 atom stereocenters. The van der Waals surface area contributed by atoms with Gasteiger partial charge in [0.2, 0.25) is 0 Å². The first-order chi connectivity index (χ1) is 7.16. The van der Waals surface area contributed by atoms with E-state index in [-0.39, 0.29) is 5.56 Å². The van der Waals surface area contributed by atoms with E-state index < -0.39 is 0 Å². The van der Waals surface area contributed by atoms with Gasteiger partial charge in [-0.3, -0.25) is 4.79 Å². The highest BCUT2D eigenvalue weighted by atomic mass is 79.9. The molecule has 0 amide bonds. The van der Waals surface area contributed by atoms with Gasteiger partial charge < -0.3 is 15.2 Å². The van der Waals surface area contributed by atoms with Gasteiger partial charge >= 0.3 is 0 Å². The second kappa shape index (κ2) is 4.37. The molecule has 4 nitrogen and oxygen atoms in total. The lowest BCUT2D eigenvalue weighted by atomic mass is 10.2. The molecule has 1 fully saturated rings. The first-order valence-corrected chi connectivity index (χ1v) is 5.79. The Labute approximate surface area is 96.8 Å². The molecule has 0 radical (unpaired) electrons. The van der Waals surface area contributed by atoms with Gasteiger partial charge in [-0.2, -0.15) is 0 Å². The molecule has 15 heavy (non-hydrogen) atoms. The summed E-state index contributed by atoms with van der Waals surface area (Å²) in [6.07, 6.45) is 2.88. The molecule has 0 bridgehead atoms. The Balaban J connectivity index is 2.20. The fraction of sp³-hybridized carbons (Fsp3) is 0.500. The molecule has 1 unspecified atom stereocenters. The van der Waals surface area contributed by atoms with E-state index >= 15 is 0 Å². The molecular formula is C10H14BrN3O. The molecule has 0 saturated carbocycles. The number of aryl methyl sites for hydroxylation is 1. The zero-order valence-electron chi connectivity index (χ0n) is 8.59. The third kappa shape index (κ3) is 2.41. The van der Waals surface area contributed by atoms with Crippen LogP contribution in [0.1, 0.15) is 6.42 Å². The van der Waals surface area contributed by atoms with Crippen molar-refractivity contribution >= 4 is 21.6 Å². The molecule has 2 rings (SSSR count). The molecule has 1 saturated heterocycles. The van der Waals surface area contributed by atoms with Crippen molar-refractivity contribution in [2.75, 3.05) is 18.4 Å². The van der Waals surface area contributed by atoms with Gasteiger partial charge in [0.25, 0.3) is 5.56 Å². The third-order valence-electron chi connectivity index (χ3n) is 2.60. The van der Waals surface area contributed by atoms with Crippen LogP contribution in [0.2, 0.25) is 0 Å². The summed E-state index contributed by atoms with van der Waals surface area (Å²) in [5, 5.41) is 6.63. The minimum Gasteiger partial charge on any atom is -0.380 e. The van der Waals surface area contributed by atoms with Gasteiger partial charge in [-0.25, -0.2) is 0 Å². The zero-order chi connectivity index (χ0) is 10.8. The number of pyridine rings is 1. The van der Waals surface area contributed by atoms with Gasteiger partial charge in [-0.05, 0) is 28.9 Å². The van der Waals surface area contributed by atoms with Gasteiger partial charge in [0.1, 0.15) is 0 Å². The molecule has 5 heteroatoms. The van der Waals surface area contributed by atoms with Crippen LogP contribution in [0.25, 0.3) is 0 Å². The first-order valence-electron chi connectivity index (χ1n) is 5.00. The van der Waals surface area contributed by atoms with Crippen LogP contribution in [0.3, 0.4) is 0 Å². The Morgan fingerprint density at radius 3 is 3.13 bits per heavy atom. The summed E-state index contributed by atoms with van der Waals surface area (Å²) >= 11 is 3.45. The number of rotatable bonds is 2. The Kier molecular flexibility index (Phi) is 3.11. The normalized spacial score (nSPS) is 20.5. The van der Waals surface area contributed by atoms with E-state index in [1.165, 1.54) is 0 Å². The van der Waals surface area contributed by atoms with E-state index in [4.69, 9.17) is 0 Å². The van der Waals surface area contributed by atoms with Crippen LogP contribution in [0.4, 0.5) is 5.69 Å². The van der Waals surface area contributed by atoms with Crippen molar-refractivity contribution in [2.45, 2.75) is 12.5 Å². The molecule has 2 heterocycles. The van der Waals surface area contributed by atoms with Crippen LogP contribution in [0.5, 0.6) is 0 Å². The van der Waals surface area contributed by atoms with Crippen LogP contribution in [-0.2, 0) is 7.05 Å². The summed E-state index contributed by atoms with van der Waals surface area (Å²) in [4.78, 5) is 11.5. The van der Waals surface area contributed by atoms with E-state index in [1.807, 2.05) is 0 Å². The number of nitrogens with one attached hydrogen (secondary N) is 2. The SMILES string of the molecule is Cn1cc(Br)c(NC2CCNC2)cc1=O. The summed E-state index contributed by atoms with van der Waals surface area (Å²) in [7, 11) is 1.74. The van der Waals surface area contributed by atoms with Crippen molar-refractivity contribution in [1.29, 1.82) is 0 Å². The number of nitrogens with zero attached hydrogens (tertiary/aromatic N) is 1. The van der Waals surface area contributed by atoms with E-state index in [0.717, 1.165) is 29.7 Å². The topological polar surface area (TPSA) is 46.1 Å². The molecular weight excluding hydrogens is 258 g/mol. The van der Waals surface area contributed by atoms with Crippen molar-refractivity contribution in [3.63, 3.8) is 0 Å². The summed E-state index contributed by atoms with van der Waals surface area (Å²) in [5.41, 5.74) is 0.887. The summed E-state index contributed by atoms with van der Waals surface area (Å²) in [6, 6.07) is 2.05. The van der Waals surface area contributed by atoms with Crippen molar-refractivity contribution in [1.82, 2.24) is 9.88 Å². The molecule has 1 aromatic rings. The molecule has 1 aliphatic rings. The highest BCUT2D eigenvalue weighted by molar-refractivity contribution is 9.10. The van der Waals surface area contributed by atoms with Crippen molar-refractivity contribution < 1.29 is 0 Å². The van der Waals surface area contributed by atoms with E-state index in [1.54, 1.807) is 23.9 Å². The average Bonchev–Trinajstić information content (AvgIpc) is 2.67. The molecule has 82 valence electrons. The summed E-state index contributed by atoms with van der Waals surface area (Å²) < 4.78 is 2.49. The predicted octanol–water partition coefficient (Wildman–Crippen LogP) is 0.922. The highest BCUT2D eigenvalue weighted by Crippen LogP contribution is 2.21. The van der Waals surface area contributed by atoms with Crippen LogP contribution in [-0.4, -0.2) is 23.7 Å². The molecule has 1 aliphatic heterocycles. The van der Waals surface area contributed by atoms with Gasteiger partial charge in [-0.1, -0.05) is 0 Å². The molecule has 0 aromatic carbocycles. The van der Waals surface area contributed by atoms with Gasteiger partial charge in [-0.15, -0.1) is 0 Å². The monoisotopic (exact) mass is 271 g/mol. The van der Waals surface area contributed by atoms with E-state index in [2.05, 4.69) is 26.6 Å². The Hall–Kier alpha value is -0.810. The van der Waals surface area contributed by atoms with E-state index in [0.29, 0.717) is 6.04 Å². The van der Waals surface area contributed by atoms with Gasteiger partial charge in [0.15, 0.2) is 0 Å². The minimum atomic E-state index is 0.00616. The number of anilines is 1. The quantitative estimate of drug-likeness (QED) is 0.841. The molecule has 0 aliphatic carbocycles. The number of hydrogen-bond acceptors (Lipinski definition) is 3. The van der Waals surface area contributed by atoms with Crippen LogP contribution in [0.15, 0.2) is 21.5 Å². The number of halogens is 1. The smallest absolute Gasteiger partial charge is 0.252 e. The largest absolute Gasteiger partial charge is 0.380 e. The standard InChI is InChI=1S/C10H14BrN3O/c1-14-6-8(11)9(4-10(14)15)13-7-2-3-12-5-7/h4,6-7,12-13H,2-3,5H2,1H3. The minimum absolute atomic E-state index is 0.00616. The average molecular weight is 272 g/mol. The summed E-state index contributed by atoms with van der Waals surface area (Å²) in [6.45, 7) is 2.00. The lowest BCUT2D eigenvalue weighted by Gasteiger charge is -2.14. The highest BCUT2D eigenvalue weighted by Gasteiger charge is 2.15. The lowest BCUT2D eigenvalue weighted by molar-refractivity contribution is 0.787. The lowest BCUT2D eigenvalue weighted by Crippen LogP contribution is -2.24. The zero-order valence-corrected chi connectivity index (χ0v) is 10.2. The van der Waals surface area contributed by atoms with Crippen LogP contribution >= 0.6 is 15.9 Å². The molecule has 1 aromatic heterocycles. The fourth-order valence-electron chi connectivity index (χ4n) is 1.71. The van der Waals surface area contributed by atoms with E-state index in [9.17, 15) is 4.79 Å². The predicted molar refractivity (Wildman–Crippen MR) is 64.3 cm³/mol. The Morgan fingerprint density at radius 2 is 2.47 bits per heavy atom. The third-order valence-corrected chi connectivity index (χ3v) is 3.23. The van der Waals surface area contributed by atoms with Gasteiger partial charge in [0, 0.05) is 31.9 Å². The first kappa shape index (κ1) is 10.7. The van der Waals surface area contributed by atoms with Crippen molar-refractivity contribution in [2.24, 2.45) is 7.05 Å².